The first-order chi connectivity index (χ1) is 14.0. The number of ketones is 1. The fourth-order valence-corrected chi connectivity index (χ4v) is 4.04. The van der Waals surface area contributed by atoms with E-state index < -0.39 is 0 Å². The minimum Gasteiger partial charge on any atom is -0.338 e. The molecule has 1 saturated heterocycles. The zero-order valence-corrected chi connectivity index (χ0v) is 18.2. The van der Waals surface area contributed by atoms with Crippen molar-refractivity contribution < 1.29 is 9.59 Å². The summed E-state index contributed by atoms with van der Waals surface area (Å²) < 4.78 is 0. The summed E-state index contributed by atoms with van der Waals surface area (Å²) >= 11 is 0. The summed E-state index contributed by atoms with van der Waals surface area (Å²) in [5, 5.41) is 6.03. The average molecular weight is 430 g/mol. The number of nitrogens with one attached hydrogen (secondary N) is 2. The smallest absolute Gasteiger partial charge is 0.257 e. The van der Waals surface area contributed by atoms with Crippen molar-refractivity contribution in [3.8, 4) is 0 Å². The van der Waals surface area contributed by atoms with Gasteiger partial charge in [-0.3, -0.25) is 14.5 Å². The molecule has 4 rings (SSSR count). The molecule has 1 atom stereocenters. The molecule has 2 aromatic rings. The van der Waals surface area contributed by atoms with Crippen LogP contribution in [0.2, 0.25) is 0 Å². The Morgan fingerprint density at radius 2 is 2.00 bits per heavy atom. The summed E-state index contributed by atoms with van der Waals surface area (Å²) in [6, 6.07) is 11.3. The molecule has 3 heterocycles. The number of hydrogen-bond acceptors (Lipinski definition) is 6. The number of fused-ring (bicyclic) bond motifs is 2. The molecule has 0 saturated carbocycles. The van der Waals surface area contributed by atoms with E-state index in [0.29, 0.717) is 41.0 Å². The molecule has 2 N–H and O–H groups in total. The molecule has 0 bridgehead atoms. The van der Waals surface area contributed by atoms with Gasteiger partial charge in [0.1, 0.15) is 5.69 Å². The van der Waals surface area contributed by atoms with Crippen molar-refractivity contribution in [3.63, 3.8) is 0 Å². The zero-order valence-electron chi connectivity index (χ0n) is 17.4. The Kier molecular flexibility index (Phi) is 7.07. The normalized spacial score (nSPS) is 18.0. The number of para-hydroxylation sites is 1. The summed E-state index contributed by atoms with van der Waals surface area (Å²) in [6.45, 7) is 2.37. The minimum atomic E-state index is -0.190. The number of benzene rings is 1. The molecule has 0 aliphatic carbocycles. The first kappa shape index (κ1) is 22.2. The predicted octanol–water partition coefficient (Wildman–Crippen LogP) is 3.41. The molecule has 1 unspecified atom stereocenters. The second-order valence-electron chi connectivity index (χ2n) is 7.94. The van der Waals surface area contributed by atoms with E-state index in [-0.39, 0.29) is 24.1 Å². The monoisotopic (exact) mass is 429 g/mol. The van der Waals surface area contributed by atoms with E-state index in [9.17, 15) is 9.59 Å². The lowest BCUT2D eigenvalue weighted by Gasteiger charge is -2.22. The highest BCUT2D eigenvalue weighted by Gasteiger charge is 2.23. The van der Waals surface area contributed by atoms with E-state index in [4.69, 9.17) is 0 Å². The van der Waals surface area contributed by atoms with Crippen LogP contribution in [-0.2, 0) is 0 Å². The van der Waals surface area contributed by atoms with Crippen molar-refractivity contribution in [1.29, 1.82) is 0 Å². The fraction of sp³-hybridized carbons (Fsp3) is 0.409. The van der Waals surface area contributed by atoms with Gasteiger partial charge >= 0.3 is 0 Å². The summed E-state index contributed by atoms with van der Waals surface area (Å²) in [7, 11) is 4.15. The quantitative estimate of drug-likeness (QED) is 0.685. The van der Waals surface area contributed by atoms with Crippen molar-refractivity contribution in [2.45, 2.75) is 25.3 Å². The van der Waals surface area contributed by atoms with Gasteiger partial charge in [-0.15, -0.1) is 12.4 Å². The number of hydrogen-bond donors (Lipinski definition) is 2. The highest BCUT2D eigenvalue weighted by Crippen LogP contribution is 2.30. The number of carbonyl (C=O) groups excluding carboxylic acids is 2. The molecule has 8 heteroatoms. The van der Waals surface area contributed by atoms with Gasteiger partial charge in [0.2, 0.25) is 0 Å². The molecule has 1 aromatic carbocycles. The van der Waals surface area contributed by atoms with Gasteiger partial charge in [-0.2, -0.15) is 0 Å². The highest BCUT2D eigenvalue weighted by molar-refractivity contribution is 6.12. The second kappa shape index (κ2) is 9.55. The number of rotatable bonds is 6. The molecule has 2 aliphatic heterocycles. The van der Waals surface area contributed by atoms with Gasteiger partial charge in [-0.1, -0.05) is 12.1 Å². The number of halogens is 1. The predicted molar refractivity (Wildman–Crippen MR) is 121 cm³/mol. The maximum Gasteiger partial charge on any atom is 0.257 e. The van der Waals surface area contributed by atoms with E-state index in [1.807, 2.05) is 25.2 Å². The van der Waals surface area contributed by atoms with E-state index in [2.05, 4.69) is 32.5 Å². The average Bonchev–Trinajstić information content (AvgIpc) is 3.06. The molecule has 0 radical (unpaired) electrons. The third kappa shape index (κ3) is 4.80. The lowest BCUT2D eigenvalue weighted by molar-refractivity contribution is 0.0936. The van der Waals surface area contributed by atoms with E-state index in [1.54, 1.807) is 18.2 Å². The van der Waals surface area contributed by atoms with E-state index >= 15 is 0 Å². The number of anilines is 3. The van der Waals surface area contributed by atoms with Gasteiger partial charge in [0.05, 0.1) is 23.5 Å². The van der Waals surface area contributed by atoms with E-state index in [1.165, 1.54) is 19.4 Å². The first-order valence-electron chi connectivity index (χ1n) is 10.1. The molecule has 30 heavy (non-hydrogen) atoms. The highest BCUT2D eigenvalue weighted by atomic mass is 35.5. The van der Waals surface area contributed by atoms with Gasteiger partial charge in [0.15, 0.2) is 11.6 Å². The lowest BCUT2D eigenvalue weighted by atomic mass is 10.1. The third-order valence-electron chi connectivity index (χ3n) is 5.78. The Hall–Kier alpha value is -2.48. The maximum atomic E-state index is 12.8. The standard InChI is InChI=1S/C22H27N5O2.ClH/c1-26(13-11-15-6-5-12-27(15)2)14-20(28)18-9-10-19-21(24-18)23-17-8-4-3-7-16(17)22(29)25-19;/h3-4,7-10,15H,5-6,11-14H2,1-2H3,(H,23,24)(H,25,29);1H. The zero-order chi connectivity index (χ0) is 20.4. The summed E-state index contributed by atoms with van der Waals surface area (Å²) in [5.74, 6) is 0.273. The largest absolute Gasteiger partial charge is 0.338 e. The van der Waals surface area contributed by atoms with Crippen molar-refractivity contribution in [2.75, 3.05) is 44.4 Å². The Bertz CT molecular complexity index is 935. The maximum absolute atomic E-state index is 12.8. The molecule has 160 valence electrons. The second-order valence-corrected chi connectivity index (χ2v) is 7.94. The Balaban J connectivity index is 0.00000256. The van der Waals surface area contributed by atoms with Crippen LogP contribution in [-0.4, -0.2) is 66.2 Å². The summed E-state index contributed by atoms with van der Waals surface area (Å²) in [6.07, 6.45) is 3.57. The van der Waals surface area contributed by atoms with Gasteiger partial charge in [0, 0.05) is 6.04 Å². The SMILES string of the molecule is CN(CCC1CCCN1C)CC(=O)c1ccc2c(n1)Nc1ccccc1C(=O)N2.Cl. The Labute approximate surface area is 183 Å². The number of amides is 1. The number of Topliss-reactive ketones (excluding diaryl/α,β-unsaturated/α-hetero) is 1. The van der Waals surface area contributed by atoms with Crippen molar-refractivity contribution in [2.24, 2.45) is 0 Å². The molecule has 1 amide bonds. The Morgan fingerprint density at radius 1 is 1.20 bits per heavy atom. The molecule has 1 fully saturated rings. The molecule has 2 aliphatic rings. The number of nitrogens with zero attached hydrogens (tertiary/aromatic N) is 3. The number of carbonyl (C=O) groups is 2. The van der Waals surface area contributed by atoms with Crippen molar-refractivity contribution >= 4 is 41.3 Å². The van der Waals surface area contributed by atoms with Crippen LogP contribution >= 0.6 is 12.4 Å². The van der Waals surface area contributed by atoms with Crippen LogP contribution < -0.4 is 10.6 Å². The lowest BCUT2D eigenvalue weighted by Crippen LogP contribution is -2.32. The molecule has 1 aromatic heterocycles. The van der Waals surface area contributed by atoms with Gasteiger partial charge in [-0.25, -0.2) is 4.98 Å². The third-order valence-corrected chi connectivity index (χ3v) is 5.78. The van der Waals surface area contributed by atoms with Gasteiger partial charge < -0.3 is 15.5 Å². The first-order valence-corrected chi connectivity index (χ1v) is 10.1. The molecule has 7 nitrogen and oxygen atoms in total. The number of pyridine rings is 1. The van der Waals surface area contributed by atoms with Crippen LogP contribution in [0.3, 0.4) is 0 Å². The minimum absolute atomic E-state index is 0. The topological polar surface area (TPSA) is 77.6 Å². The van der Waals surface area contributed by atoms with Crippen LogP contribution in [0.15, 0.2) is 36.4 Å². The molecule has 0 spiro atoms. The van der Waals surface area contributed by atoms with Gasteiger partial charge in [-0.05, 0) is 70.7 Å². The number of likely N-dealkylation sites (N-methyl/N-ethyl adjacent to an activating group) is 1. The summed E-state index contributed by atoms with van der Waals surface area (Å²) in [5.41, 5.74) is 2.20. The number of aromatic nitrogens is 1. The summed E-state index contributed by atoms with van der Waals surface area (Å²) in [4.78, 5) is 34.1. The van der Waals surface area contributed by atoms with Crippen LogP contribution in [0, 0.1) is 0 Å². The van der Waals surface area contributed by atoms with Crippen LogP contribution in [0.25, 0.3) is 0 Å². The van der Waals surface area contributed by atoms with Crippen LogP contribution in [0.4, 0.5) is 17.2 Å². The van der Waals surface area contributed by atoms with E-state index in [0.717, 1.165) is 13.0 Å². The molecular formula is C22H28ClN5O2. The Morgan fingerprint density at radius 3 is 2.77 bits per heavy atom. The van der Waals surface area contributed by atoms with Crippen LogP contribution in [0.5, 0.6) is 0 Å². The molecular weight excluding hydrogens is 402 g/mol. The number of likely N-dealkylation sites (tertiary alicyclic amines) is 1. The van der Waals surface area contributed by atoms with Gasteiger partial charge in [0.25, 0.3) is 5.91 Å². The fourth-order valence-electron chi connectivity index (χ4n) is 4.04. The van der Waals surface area contributed by atoms with Crippen molar-refractivity contribution in [3.05, 3.63) is 47.7 Å². The van der Waals surface area contributed by atoms with Crippen LogP contribution in [0.1, 0.15) is 40.1 Å². The van der Waals surface area contributed by atoms with Crippen molar-refractivity contribution in [1.82, 2.24) is 14.8 Å².